The fourth-order valence-electron chi connectivity index (χ4n) is 1.61. The maximum atomic E-state index is 10.8. The van der Waals surface area contributed by atoms with Crippen LogP contribution in [0.4, 0.5) is 5.82 Å². The smallest absolute Gasteiger partial charge is 0.188 e. The lowest BCUT2D eigenvalue weighted by atomic mass is 10.3. The second-order valence-corrected chi connectivity index (χ2v) is 4.37. The van der Waals surface area contributed by atoms with Crippen LogP contribution in [0.5, 0.6) is 0 Å². The highest BCUT2D eigenvalue weighted by molar-refractivity contribution is 9.10. The fraction of sp³-hybridized carbons (Fsp3) is 0.400. The largest absolute Gasteiger partial charge is 0.394 e. The van der Waals surface area contributed by atoms with E-state index in [9.17, 15) is 4.79 Å². The van der Waals surface area contributed by atoms with Gasteiger partial charge in [-0.25, -0.2) is 4.98 Å². The summed E-state index contributed by atoms with van der Waals surface area (Å²) in [6, 6.07) is 3.64. The summed E-state index contributed by atoms with van der Waals surface area (Å²) < 4.78 is 6.19. The maximum Gasteiger partial charge on any atom is 0.188 e. The predicted octanol–water partition coefficient (Wildman–Crippen LogP) is 0.567. The van der Waals surface area contributed by atoms with Crippen LogP contribution in [0.2, 0.25) is 0 Å². The fourth-order valence-corrected chi connectivity index (χ4v) is 1.84. The number of hydrogen-bond acceptors (Lipinski definition) is 5. The summed E-state index contributed by atoms with van der Waals surface area (Å²) in [6.07, 6.45) is 1.37. The zero-order valence-corrected chi connectivity index (χ0v) is 10.0. The molecule has 1 N–H and O–H groups in total. The lowest BCUT2D eigenvalue weighted by molar-refractivity contribution is -0.117. The number of ether oxygens (including phenoxy) is 1. The Morgan fingerprint density at radius 2 is 2.50 bits per heavy atom. The van der Waals surface area contributed by atoms with Gasteiger partial charge >= 0.3 is 0 Å². The average Bonchev–Trinajstić information content (AvgIpc) is 2.73. The second-order valence-electron chi connectivity index (χ2n) is 3.45. The van der Waals surface area contributed by atoms with Gasteiger partial charge in [-0.1, -0.05) is 0 Å². The van der Waals surface area contributed by atoms with E-state index in [2.05, 4.69) is 20.9 Å². The van der Waals surface area contributed by atoms with E-state index in [1.807, 2.05) is 6.07 Å². The molecule has 5 nitrogen and oxygen atoms in total. The van der Waals surface area contributed by atoms with Gasteiger partial charge < -0.3 is 14.7 Å². The van der Waals surface area contributed by atoms with E-state index in [1.165, 1.54) is 0 Å². The van der Waals surface area contributed by atoms with E-state index in [-0.39, 0.29) is 12.7 Å². The van der Waals surface area contributed by atoms with Gasteiger partial charge in [0, 0.05) is 10.7 Å². The van der Waals surface area contributed by atoms with Crippen molar-refractivity contribution in [1.29, 1.82) is 0 Å². The summed E-state index contributed by atoms with van der Waals surface area (Å²) in [5, 5.41) is 8.99. The molecule has 2 heterocycles. The molecule has 0 spiro atoms. The van der Waals surface area contributed by atoms with Gasteiger partial charge in [-0.05, 0) is 28.1 Å². The van der Waals surface area contributed by atoms with Crippen LogP contribution in [-0.4, -0.2) is 41.9 Å². The predicted molar refractivity (Wildman–Crippen MR) is 61.1 cm³/mol. The summed E-state index contributed by atoms with van der Waals surface area (Å²) in [4.78, 5) is 16.7. The zero-order valence-electron chi connectivity index (χ0n) is 8.41. The van der Waals surface area contributed by atoms with Crippen molar-refractivity contribution >= 4 is 28.0 Å². The molecule has 0 bridgehead atoms. The van der Waals surface area contributed by atoms with Gasteiger partial charge in [0.25, 0.3) is 0 Å². The Morgan fingerprint density at radius 1 is 1.69 bits per heavy atom. The van der Waals surface area contributed by atoms with E-state index in [1.54, 1.807) is 17.2 Å². The Hall–Kier alpha value is -0.980. The van der Waals surface area contributed by atoms with Crippen LogP contribution in [-0.2, 0) is 9.53 Å². The van der Waals surface area contributed by atoms with Crippen molar-refractivity contribution in [1.82, 2.24) is 4.98 Å². The van der Waals surface area contributed by atoms with Crippen LogP contribution < -0.4 is 4.90 Å². The topological polar surface area (TPSA) is 62.7 Å². The third kappa shape index (κ3) is 2.23. The number of aliphatic hydroxyl groups is 1. The number of pyridine rings is 1. The van der Waals surface area contributed by atoms with Crippen LogP contribution in [0.3, 0.4) is 0 Å². The van der Waals surface area contributed by atoms with E-state index in [4.69, 9.17) is 9.84 Å². The summed E-state index contributed by atoms with van der Waals surface area (Å²) in [6.45, 7) is 0.367. The average molecular weight is 287 g/mol. The number of carbonyl (C=O) groups excluding carboxylic acids is 1. The van der Waals surface area contributed by atoms with E-state index < -0.39 is 6.23 Å². The zero-order chi connectivity index (χ0) is 11.5. The molecule has 0 radical (unpaired) electrons. The summed E-state index contributed by atoms with van der Waals surface area (Å²) in [7, 11) is 0. The lowest BCUT2D eigenvalue weighted by Crippen LogP contribution is -2.32. The first-order valence-electron chi connectivity index (χ1n) is 4.84. The number of hydrogen-bond donors (Lipinski definition) is 1. The van der Waals surface area contributed by atoms with Gasteiger partial charge in [0.1, 0.15) is 11.9 Å². The highest BCUT2D eigenvalue weighted by Crippen LogP contribution is 2.22. The number of halogens is 1. The molecule has 0 aromatic carbocycles. The quantitative estimate of drug-likeness (QED) is 0.823. The van der Waals surface area contributed by atoms with Crippen LogP contribution in [0.1, 0.15) is 0 Å². The van der Waals surface area contributed by atoms with Crippen LogP contribution in [0.25, 0.3) is 0 Å². The molecule has 0 saturated carbocycles. The lowest BCUT2D eigenvalue weighted by Gasteiger charge is -2.19. The minimum Gasteiger partial charge on any atom is -0.394 e. The molecule has 16 heavy (non-hydrogen) atoms. The summed E-state index contributed by atoms with van der Waals surface area (Å²) in [5.41, 5.74) is 0. The van der Waals surface area contributed by atoms with Crippen LogP contribution in [0, 0.1) is 0 Å². The molecule has 1 aromatic rings. The number of anilines is 1. The Morgan fingerprint density at radius 3 is 3.06 bits per heavy atom. The first-order chi connectivity index (χ1) is 7.74. The van der Waals surface area contributed by atoms with Crippen molar-refractivity contribution < 1.29 is 14.6 Å². The monoisotopic (exact) mass is 286 g/mol. The van der Waals surface area contributed by atoms with Crippen molar-refractivity contribution in [2.24, 2.45) is 0 Å². The number of aldehydes is 1. The minimum atomic E-state index is -0.661. The van der Waals surface area contributed by atoms with Gasteiger partial charge in [-0.3, -0.25) is 4.79 Å². The molecule has 1 aliphatic heterocycles. The molecule has 1 fully saturated rings. The van der Waals surface area contributed by atoms with Crippen molar-refractivity contribution in [2.75, 3.05) is 18.1 Å². The normalized spacial score (nSPS) is 24.8. The van der Waals surface area contributed by atoms with E-state index >= 15 is 0 Å². The van der Waals surface area contributed by atoms with Crippen LogP contribution >= 0.6 is 15.9 Å². The molecular formula is C10H11BrN2O3. The third-order valence-electron chi connectivity index (χ3n) is 2.37. The number of aromatic nitrogens is 1. The highest BCUT2D eigenvalue weighted by Gasteiger charge is 2.32. The second kappa shape index (κ2) is 4.90. The molecule has 1 unspecified atom stereocenters. The summed E-state index contributed by atoms with van der Waals surface area (Å²) in [5.74, 6) is 0.663. The van der Waals surface area contributed by atoms with Gasteiger partial charge in [0.15, 0.2) is 12.5 Å². The molecule has 1 saturated heterocycles. The van der Waals surface area contributed by atoms with Crippen molar-refractivity contribution in [2.45, 2.75) is 12.3 Å². The highest BCUT2D eigenvalue weighted by atomic mass is 79.9. The first-order valence-corrected chi connectivity index (χ1v) is 5.63. The van der Waals surface area contributed by atoms with Crippen molar-refractivity contribution in [3.63, 3.8) is 0 Å². The Balaban J connectivity index is 2.19. The Labute approximate surface area is 101 Å². The molecule has 2 atom stereocenters. The van der Waals surface area contributed by atoms with Gasteiger partial charge in [0.05, 0.1) is 13.2 Å². The molecule has 2 rings (SSSR count). The summed E-state index contributed by atoms with van der Waals surface area (Å²) >= 11 is 3.29. The van der Waals surface area contributed by atoms with E-state index in [0.717, 1.165) is 4.47 Å². The molecule has 1 aliphatic rings. The van der Waals surface area contributed by atoms with Crippen molar-refractivity contribution in [3.05, 3.63) is 22.8 Å². The van der Waals surface area contributed by atoms with Crippen LogP contribution in [0.15, 0.2) is 22.8 Å². The Kier molecular flexibility index (Phi) is 3.52. The third-order valence-corrected chi connectivity index (χ3v) is 2.83. The number of rotatable bonds is 3. The maximum absolute atomic E-state index is 10.8. The molecule has 0 aliphatic carbocycles. The molecule has 1 aromatic heterocycles. The molecular weight excluding hydrogens is 276 g/mol. The number of nitrogens with zero attached hydrogens (tertiary/aromatic N) is 2. The molecule has 6 heteroatoms. The van der Waals surface area contributed by atoms with Gasteiger partial charge in [-0.2, -0.15) is 0 Å². The number of carbonyl (C=O) groups is 1. The van der Waals surface area contributed by atoms with Gasteiger partial charge in [-0.15, -0.1) is 0 Å². The number of aliphatic hydroxyl groups excluding tert-OH is 1. The molecule has 86 valence electrons. The minimum absolute atomic E-state index is 0.0998. The molecule has 0 amide bonds. The Bertz CT molecular complexity index is 371. The standard InChI is InChI=1S/C10H11BrN2O3/c11-7-1-2-9(12-3-7)13-4-8(5-14)16-10(13)6-15/h1-3,6,8,10,14H,4-5H2/t8-,10?/m1/s1. The first kappa shape index (κ1) is 11.5. The van der Waals surface area contributed by atoms with Crippen molar-refractivity contribution in [3.8, 4) is 0 Å². The van der Waals surface area contributed by atoms with Gasteiger partial charge in [0.2, 0.25) is 0 Å². The SMILES string of the molecule is O=CC1O[C@@H](CO)CN1c1ccc(Br)cn1. The van der Waals surface area contributed by atoms with E-state index in [0.29, 0.717) is 18.6 Å².